The second kappa shape index (κ2) is 5.73. The van der Waals surface area contributed by atoms with Crippen LogP contribution in [0.3, 0.4) is 0 Å². The van der Waals surface area contributed by atoms with E-state index in [1.54, 1.807) is 6.07 Å². The van der Waals surface area contributed by atoms with E-state index in [4.69, 9.17) is 16.3 Å². The summed E-state index contributed by atoms with van der Waals surface area (Å²) in [6, 6.07) is 6.74. The van der Waals surface area contributed by atoms with E-state index < -0.39 is 6.04 Å². The van der Waals surface area contributed by atoms with E-state index in [0.717, 1.165) is 5.56 Å². The van der Waals surface area contributed by atoms with Gasteiger partial charge in [0.25, 0.3) is 0 Å². The molecular formula is C11H14ClNO2. The van der Waals surface area contributed by atoms with Crippen molar-refractivity contribution in [1.29, 1.82) is 0 Å². The van der Waals surface area contributed by atoms with Crippen LogP contribution in [0, 0.1) is 0 Å². The van der Waals surface area contributed by atoms with Crippen LogP contribution in [-0.4, -0.2) is 19.6 Å². The molecule has 1 rings (SSSR count). The highest BCUT2D eigenvalue weighted by molar-refractivity contribution is 6.31. The van der Waals surface area contributed by atoms with Gasteiger partial charge in [0.2, 0.25) is 0 Å². The van der Waals surface area contributed by atoms with Crippen LogP contribution in [0.4, 0.5) is 0 Å². The third-order valence-electron chi connectivity index (χ3n) is 2.06. The Kier molecular flexibility index (Phi) is 4.59. The Morgan fingerprint density at radius 1 is 1.53 bits per heavy atom. The fraction of sp³-hybridized carbons (Fsp3) is 0.364. The number of esters is 1. The number of ether oxygens (including phenoxy) is 1. The van der Waals surface area contributed by atoms with E-state index in [2.05, 4.69) is 5.32 Å². The Morgan fingerprint density at radius 2 is 2.20 bits per heavy atom. The lowest BCUT2D eigenvalue weighted by atomic mass is 10.1. The van der Waals surface area contributed by atoms with Gasteiger partial charge in [-0.3, -0.25) is 0 Å². The van der Waals surface area contributed by atoms with Crippen molar-refractivity contribution in [2.24, 2.45) is 0 Å². The van der Waals surface area contributed by atoms with E-state index in [9.17, 15) is 4.79 Å². The van der Waals surface area contributed by atoms with E-state index in [1.165, 1.54) is 7.11 Å². The smallest absolute Gasteiger partial charge is 0.327 e. The molecule has 0 spiro atoms. The van der Waals surface area contributed by atoms with Gasteiger partial charge in [0.1, 0.15) is 6.04 Å². The van der Waals surface area contributed by atoms with E-state index in [-0.39, 0.29) is 5.97 Å². The molecule has 0 aliphatic carbocycles. The Labute approximate surface area is 94.4 Å². The van der Waals surface area contributed by atoms with Gasteiger partial charge in [-0.2, -0.15) is 0 Å². The quantitative estimate of drug-likeness (QED) is 0.802. The molecule has 1 aromatic rings. The standard InChI is InChI=1S/C11H14ClNO2/c1-3-13-10(11(14)15-2)8-6-4-5-7-9(8)12/h4-7,10,13H,3H2,1-2H3/t10-/m0/s1. The average Bonchev–Trinajstić information content (AvgIpc) is 2.26. The Hall–Kier alpha value is -1.06. The van der Waals surface area contributed by atoms with Crippen LogP contribution in [0.15, 0.2) is 24.3 Å². The van der Waals surface area contributed by atoms with Gasteiger partial charge in [-0.05, 0) is 18.2 Å². The highest BCUT2D eigenvalue weighted by Crippen LogP contribution is 2.23. The minimum atomic E-state index is -0.492. The third kappa shape index (κ3) is 2.94. The number of carbonyl (C=O) groups is 1. The van der Waals surface area contributed by atoms with Crippen LogP contribution >= 0.6 is 11.6 Å². The molecule has 0 aromatic heterocycles. The highest BCUT2D eigenvalue weighted by atomic mass is 35.5. The minimum absolute atomic E-state index is 0.329. The van der Waals surface area contributed by atoms with Gasteiger partial charge < -0.3 is 10.1 Å². The molecule has 0 aliphatic rings. The van der Waals surface area contributed by atoms with Crippen molar-refractivity contribution in [2.45, 2.75) is 13.0 Å². The zero-order valence-electron chi connectivity index (χ0n) is 8.79. The summed E-state index contributed by atoms with van der Waals surface area (Å²) < 4.78 is 4.71. The summed E-state index contributed by atoms with van der Waals surface area (Å²) >= 11 is 6.01. The van der Waals surface area contributed by atoms with Crippen molar-refractivity contribution in [2.75, 3.05) is 13.7 Å². The van der Waals surface area contributed by atoms with E-state index in [1.807, 2.05) is 25.1 Å². The number of methoxy groups -OCH3 is 1. The van der Waals surface area contributed by atoms with Crippen molar-refractivity contribution < 1.29 is 9.53 Å². The Morgan fingerprint density at radius 3 is 2.73 bits per heavy atom. The van der Waals surface area contributed by atoms with Gasteiger partial charge in [0.15, 0.2) is 0 Å². The lowest BCUT2D eigenvalue weighted by molar-refractivity contribution is -0.143. The first kappa shape index (κ1) is 12.0. The number of benzene rings is 1. The van der Waals surface area contributed by atoms with Crippen LogP contribution in [0.1, 0.15) is 18.5 Å². The predicted octanol–water partition coefficient (Wildman–Crippen LogP) is 2.16. The average molecular weight is 228 g/mol. The number of halogens is 1. The molecular weight excluding hydrogens is 214 g/mol. The fourth-order valence-corrected chi connectivity index (χ4v) is 1.60. The summed E-state index contributed by atoms with van der Waals surface area (Å²) in [5, 5.41) is 3.60. The van der Waals surface area contributed by atoms with Gasteiger partial charge in [0.05, 0.1) is 7.11 Å². The van der Waals surface area contributed by atoms with E-state index in [0.29, 0.717) is 11.6 Å². The topological polar surface area (TPSA) is 38.3 Å². The first-order chi connectivity index (χ1) is 7.20. The second-order valence-corrected chi connectivity index (χ2v) is 3.44. The maximum atomic E-state index is 11.5. The zero-order valence-corrected chi connectivity index (χ0v) is 9.54. The largest absolute Gasteiger partial charge is 0.468 e. The molecule has 4 heteroatoms. The molecule has 0 amide bonds. The number of likely N-dealkylation sites (N-methyl/N-ethyl adjacent to an activating group) is 1. The van der Waals surface area contributed by atoms with Gasteiger partial charge in [-0.25, -0.2) is 4.79 Å². The van der Waals surface area contributed by atoms with Crippen LogP contribution < -0.4 is 5.32 Å². The highest BCUT2D eigenvalue weighted by Gasteiger charge is 2.21. The molecule has 1 N–H and O–H groups in total. The molecule has 3 nitrogen and oxygen atoms in total. The SMILES string of the molecule is CCN[C@H](C(=O)OC)c1ccccc1Cl. The number of nitrogens with one attached hydrogen (secondary N) is 1. The number of hydrogen-bond donors (Lipinski definition) is 1. The lowest BCUT2D eigenvalue weighted by Gasteiger charge is -2.16. The monoisotopic (exact) mass is 227 g/mol. The van der Waals surface area contributed by atoms with E-state index >= 15 is 0 Å². The number of carbonyl (C=O) groups excluding carboxylic acids is 1. The van der Waals surface area contributed by atoms with Crippen molar-refractivity contribution in [3.63, 3.8) is 0 Å². The first-order valence-electron chi connectivity index (χ1n) is 4.76. The molecule has 1 aromatic carbocycles. The third-order valence-corrected chi connectivity index (χ3v) is 2.41. The molecule has 0 bridgehead atoms. The summed E-state index contributed by atoms with van der Waals surface area (Å²) in [5.41, 5.74) is 0.743. The first-order valence-corrected chi connectivity index (χ1v) is 5.14. The second-order valence-electron chi connectivity index (χ2n) is 3.04. The number of rotatable bonds is 4. The molecule has 1 atom stereocenters. The van der Waals surface area contributed by atoms with Gasteiger partial charge in [-0.1, -0.05) is 36.7 Å². The van der Waals surface area contributed by atoms with Gasteiger partial charge >= 0.3 is 5.97 Å². The van der Waals surface area contributed by atoms with Crippen molar-refractivity contribution in [1.82, 2.24) is 5.32 Å². The van der Waals surface area contributed by atoms with Crippen LogP contribution in [0.2, 0.25) is 5.02 Å². The lowest BCUT2D eigenvalue weighted by Crippen LogP contribution is -2.29. The van der Waals surface area contributed by atoms with Crippen LogP contribution in [0.25, 0.3) is 0 Å². The molecule has 0 radical (unpaired) electrons. The molecule has 15 heavy (non-hydrogen) atoms. The maximum Gasteiger partial charge on any atom is 0.327 e. The molecule has 0 fully saturated rings. The Balaban J connectivity index is 2.98. The van der Waals surface area contributed by atoms with Crippen molar-refractivity contribution in [3.05, 3.63) is 34.9 Å². The molecule has 0 aliphatic heterocycles. The summed E-state index contributed by atoms with van der Waals surface area (Å²) in [7, 11) is 1.36. The van der Waals surface area contributed by atoms with Crippen LogP contribution in [0.5, 0.6) is 0 Å². The molecule has 0 unspecified atom stereocenters. The molecule has 0 saturated heterocycles. The normalized spacial score (nSPS) is 12.2. The molecule has 0 saturated carbocycles. The van der Waals surface area contributed by atoms with Crippen molar-refractivity contribution >= 4 is 17.6 Å². The Bertz CT molecular complexity index is 341. The predicted molar refractivity (Wildman–Crippen MR) is 59.9 cm³/mol. The summed E-state index contributed by atoms with van der Waals surface area (Å²) in [5.74, 6) is -0.329. The molecule has 0 heterocycles. The zero-order chi connectivity index (χ0) is 11.3. The number of hydrogen-bond acceptors (Lipinski definition) is 3. The van der Waals surface area contributed by atoms with Crippen molar-refractivity contribution in [3.8, 4) is 0 Å². The molecule has 82 valence electrons. The summed E-state index contributed by atoms with van der Waals surface area (Å²) in [6.07, 6.45) is 0. The van der Waals surface area contributed by atoms with Crippen LogP contribution in [-0.2, 0) is 9.53 Å². The maximum absolute atomic E-state index is 11.5. The minimum Gasteiger partial charge on any atom is -0.468 e. The summed E-state index contributed by atoms with van der Waals surface area (Å²) in [6.45, 7) is 2.60. The van der Waals surface area contributed by atoms with Gasteiger partial charge in [0, 0.05) is 5.02 Å². The van der Waals surface area contributed by atoms with Gasteiger partial charge in [-0.15, -0.1) is 0 Å². The summed E-state index contributed by atoms with van der Waals surface area (Å²) in [4.78, 5) is 11.5. The fourth-order valence-electron chi connectivity index (χ4n) is 1.35.